The second-order valence-corrected chi connectivity index (χ2v) is 8.53. The Hall–Kier alpha value is -2.69. The van der Waals surface area contributed by atoms with Gasteiger partial charge >= 0.3 is 11.7 Å². The number of carbonyl (C=O) groups is 2. The van der Waals surface area contributed by atoms with E-state index in [9.17, 15) is 19.2 Å². The first-order chi connectivity index (χ1) is 14.3. The number of hydrogen-bond acceptors (Lipinski definition) is 7. The zero-order valence-corrected chi connectivity index (χ0v) is 18.4. The van der Waals surface area contributed by atoms with Crippen molar-refractivity contribution in [3.63, 3.8) is 0 Å². The van der Waals surface area contributed by atoms with Crippen LogP contribution in [0.25, 0.3) is 11.0 Å². The van der Waals surface area contributed by atoms with E-state index >= 15 is 0 Å². The fraction of sp³-hybridized carbons (Fsp3) is 0.579. The zero-order valence-electron chi connectivity index (χ0n) is 17.6. The minimum absolute atomic E-state index is 0.0221. The summed E-state index contributed by atoms with van der Waals surface area (Å²) in [6.45, 7) is 6.66. The van der Waals surface area contributed by atoms with Crippen molar-refractivity contribution in [2.45, 2.75) is 51.1 Å². The van der Waals surface area contributed by atoms with Gasteiger partial charge in [0.15, 0.2) is 5.65 Å². The predicted octanol–water partition coefficient (Wildman–Crippen LogP) is 1.06. The number of carbonyl (C=O) groups excluding carboxylic acids is 2. The van der Waals surface area contributed by atoms with Gasteiger partial charge in [-0.1, -0.05) is 20.8 Å². The average molecular weight is 435 g/mol. The largest absolute Gasteiger partial charge is 0.332 e. The molecule has 1 N–H and O–H groups in total. The van der Waals surface area contributed by atoms with E-state index < -0.39 is 11.2 Å². The lowest BCUT2D eigenvalue weighted by atomic mass is 10.2. The van der Waals surface area contributed by atoms with Crippen molar-refractivity contribution in [1.29, 1.82) is 0 Å². The van der Waals surface area contributed by atoms with Crippen molar-refractivity contribution in [1.82, 2.24) is 29.3 Å². The summed E-state index contributed by atoms with van der Waals surface area (Å²) in [5.74, 6) is 0.902. The molecule has 0 aliphatic carbocycles. The van der Waals surface area contributed by atoms with Crippen LogP contribution in [-0.4, -0.2) is 54.8 Å². The lowest BCUT2D eigenvalue weighted by Crippen LogP contribution is -2.39. The van der Waals surface area contributed by atoms with Crippen LogP contribution < -0.4 is 16.6 Å². The maximum atomic E-state index is 12.9. The summed E-state index contributed by atoms with van der Waals surface area (Å²) in [7, 11) is 1.46. The maximum Gasteiger partial charge on any atom is 0.332 e. The van der Waals surface area contributed by atoms with Crippen LogP contribution in [0.4, 0.5) is 4.79 Å². The van der Waals surface area contributed by atoms with Gasteiger partial charge in [-0.05, 0) is 12.8 Å². The molecular formula is C19H26N6O4S. The quantitative estimate of drug-likeness (QED) is 0.285. The molecule has 0 unspecified atom stereocenters. The van der Waals surface area contributed by atoms with Crippen molar-refractivity contribution in [3.8, 4) is 0 Å². The fourth-order valence-corrected chi connectivity index (χ4v) is 4.16. The molecule has 1 fully saturated rings. The smallest absolute Gasteiger partial charge is 0.329 e. The molecule has 162 valence electrons. The molecule has 30 heavy (non-hydrogen) atoms. The summed E-state index contributed by atoms with van der Waals surface area (Å²) < 4.78 is 2.62. The monoisotopic (exact) mass is 434 g/mol. The molecule has 2 aromatic heterocycles. The Bertz CT molecular complexity index is 1090. The summed E-state index contributed by atoms with van der Waals surface area (Å²) in [5, 5.41) is 3.34. The number of amides is 3. The van der Waals surface area contributed by atoms with Gasteiger partial charge in [0.1, 0.15) is 16.2 Å². The first-order valence-electron chi connectivity index (χ1n) is 9.98. The van der Waals surface area contributed by atoms with Gasteiger partial charge in [-0.3, -0.25) is 23.6 Å². The maximum absolute atomic E-state index is 12.9. The minimum Gasteiger partial charge on any atom is -0.329 e. The van der Waals surface area contributed by atoms with E-state index in [4.69, 9.17) is 0 Å². The molecule has 0 saturated carbocycles. The van der Waals surface area contributed by atoms with Gasteiger partial charge in [0.2, 0.25) is 5.91 Å². The predicted molar refractivity (Wildman–Crippen MR) is 114 cm³/mol. The average Bonchev–Trinajstić information content (AvgIpc) is 3.03. The highest BCUT2D eigenvalue weighted by Crippen LogP contribution is 2.25. The number of nitrogens with one attached hydrogen (secondary N) is 1. The van der Waals surface area contributed by atoms with Crippen molar-refractivity contribution in [3.05, 3.63) is 26.7 Å². The molecule has 0 radical (unpaired) electrons. The van der Waals surface area contributed by atoms with Gasteiger partial charge in [-0.25, -0.2) is 19.6 Å². The van der Waals surface area contributed by atoms with Crippen LogP contribution in [0.5, 0.6) is 0 Å². The number of aromatic nitrogens is 4. The summed E-state index contributed by atoms with van der Waals surface area (Å²) in [6, 6.07) is -0.378. The molecule has 3 rings (SSSR count). The van der Waals surface area contributed by atoms with Crippen LogP contribution in [0.2, 0.25) is 0 Å². The van der Waals surface area contributed by atoms with E-state index in [1.54, 1.807) is 0 Å². The summed E-state index contributed by atoms with van der Waals surface area (Å²) in [4.78, 5) is 59.2. The molecule has 1 aliphatic heterocycles. The lowest BCUT2D eigenvalue weighted by Gasteiger charge is -2.15. The molecular weight excluding hydrogens is 408 g/mol. The Morgan fingerprint density at radius 1 is 1.13 bits per heavy atom. The summed E-state index contributed by atoms with van der Waals surface area (Å²) in [6.07, 6.45) is 1.28. The van der Waals surface area contributed by atoms with Crippen molar-refractivity contribution >= 4 is 34.7 Å². The number of hydrogen-bond donors (Lipinski definition) is 1. The molecule has 3 heterocycles. The number of aryl methyl sites for hydroxylation is 1. The Balaban J connectivity index is 1.96. The Labute approximate surface area is 177 Å². The zero-order chi connectivity index (χ0) is 22.0. The van der Waals surface area contributed by atoms with Crippen LogP contribution in [0.1, 0.15) is 45.4 Å². The number of imide groups is 1. The topological polar surface area (TPSA) is 119 Å². The van der Waals surface area contributed by atoms with Gasteiger partial charge in [-0.2, -0.15) is 0 Å². The third kappa shape index (κ3) is 4.11. The van der Waals surface area contributed by atoms with Gasteiger partial charge < -0.3 is 5.32 Å². The lowest BCUT2D eigenvalue weighted by molar-refractivity contribution is -0.124. The van der Waals surface area contributed by atoms with E-state index in [0.29, 0.717) is 47.1 Å². The Kier molecular flexibility index (Phi) is 6.59. The van der Waals surface area contributed by atoms with E-state index in [-0.39, 0.29) is 24.4 Å². The molecule has 10 nitrogen and oxygen atoms in total. The van der Waals surface area contributed by atoms with Gasteiger partial charge in [0.25, 0.3) is 5.56 Å². The molecule has 1 saturated heterocycles. The van der Waals surface area contributed by atoms with Crippen LogP contribution in [-0.2, 0) is 18.4 Å². The van der Waals surface area contributed by atoms with Gasteiger partial charge in [0.05, 0.1) is 6.54 Å². The number of fused-ring (bicyclic) bond motifs is 1. The molecule has 0 bridgehead atoms. The molecule has 3 amide bonds. The number of nitrogens with zero attached hydrogens (tertiary/aromatic N) is 5. The van der Waals surface area contributed by atoms with E-state index in [1.165, 1.54) is 28.3 Å². The molecule has 0 aromatic carbocycles. The third-order valence-corrected chi connectivity index (χ3v) is 5.89. The van der Waals surface area contributed by atoms with Crippen molar-refractivity contribution < 1.29 is 9.59 Å². The van der Waals surface area contributed by atoms with Gasteiger partial charge in [0, 0.05) is 31.8 Å². The van der Waals surface area contributed by atoms with Crippen molar-refractivity contribution in [2.24, 2.45) is 7.05 Å². The second-order valence-electron chi connectivity index (χ2n) is 7.44. The molecule has 1 aliphatic rings. The van der Waals surface area contributed by atoms with Crippen LogP contribution >= 0.6 is 11.8 Å². The second kappa shape index (κ2) is 8.99. The SMILES string of the molecule is CCCn1c(=O)n(C)c(=O)c2c(SCCCN3C(=O)CNC3=O)nc(C(C)C)nc21. The molecule has 11 heteroatoms. The first kappa shape index (κ1) is 22.0. The van der Waals surface area contributed by atoms with E-state index in [1.807, 2.05) is 20.8 Å². The summed E-state index contributed by atoms with van der Waals surface area (Å²) in [5.41, 5.74) is -0.452. The number of urea groups is 1. The van der Waals surface area contributed by atoms with Gasteiger partial charge in [-0.15, -0.1) is 11.8 Å². The Morgan fingerprint density at radius 3 is 2.47 bits per heavy atom. The normalized spacial score (nSPS) is 14.2. The van der Waals surface area contributed by atoms with E-state index in [2.05, 4.69) is 15.3 Å². The van der Waals surface area contributed by atoms with Crippen molar-refractivity contribution in [2.75, 3.05) is 18.8 Å². The highest BCUT2D eigenvalue weighted by molar-refractivity contribution is 7.99. The third-order valence-electron chi connectivity index (χ3n) is 4.83. The standard InChI is InChI=1S/C19H26N6O4S/c1-5-7-25-15-13(17(27)23(4)19(25)29)16(22-14(21-15)11(2)3)30-9-6-8-24-12(26)10-20-18(24)28/h11H,5-10H2,1-4H3,(H,20,28). The highest BCUT2D eigenvalue weighted by atomic mass is 32.2. The Morgan fingerprint density at radius 2 is 1.87 bits per heavy atom. The van der Waals surface area contributed by atoms with Crippen LogP contribution in [0, 0.1) is 0 Å². The fourth-order valence-electron chi connectivity index (χ4n) is 3.21. The molecule has 2 aromatic rings. The van der Waals surface area contributed by atoms with E-state index in [0.717, 1.165) is 11.0 Å². The highest BCUT2D eigenvalue weighted by Gasteiger charge is 2.27. The minimum atomic E-state index is -0.422. The van der Waals surface area contributed by atoms with Crippen LogP contribution in [0.3, 0.4) is 0 Å². The number of thioether (sulfide) groups is 1. The molecule has 0 atom stereocenters. The van der Waals surface area contributed by atoms with Crippen LogP contribution in [0.15, 0.2) is 14.6 Å². The first-order valence-corrected chi connectivity index (χ1v) is 11.0. The summed E-state index contributed by atoms with van der Waals surface area (Å²) >= 11 is 1.37. The molecule has 0 spiro atoms. The number of rotatable bonds is 8.